The zero-order chi connectivity index (χ0) is 17.4. The van der Waals surface area contributed by atoms with Crippen molar-refractivity contribution in [3.8, 4) is 5.75 Å². The lowest BCUT2D eigenvalue weighted by atomic mass is 10.4. The van der Waals surface area contributed by atoms with Crippen LogP contribution in [0.2, 0.25) is 0 Å². The van der Waals surface area contributed by atoms with Gasteiger partial charge in [-0.15, -0.1) is 0 Å². The van der Waals surface area contributed by atoms with Gasteiger partial charge in [-0.2, -0.15) is 0 Å². The predicted octanol–water partition coefficient (Wildman–Crippen LogP) is -0.827. The molecule has 10 nitrogen and oxygen atoms in total. The predicted molar refractivity (Wildman–Crippen MR) is 84.7 cm³/mol. The number of anilines is 1. The highest BCUT2D eigenvalue weighted by molar-refractivity contribution is 5.90. The Hall–Kier alpha value is -3.43. The molecule has 0 unspecified atom stereocenters. The van der Waals surface area contributed by atoms with E-state index in [0.717, 1.165) is 4.57 Å². The molecule has 0 saturated heterocycles. The fourth-order valence-electron chi connectivity index (χ4n) is 2.34. The highest BCUT2D eigenvalue weighted by atomic mass is 16.3. The third kappa shape index (κ3) is 2.43. The smallest absolute Gasteiger partial charge is 0.332 e. The maximum Gasteiger partial charge on any atom is 0.332 e. The molecule has 0 bridgehead atoms. The van der Waals surface area contributed by atoms with Crippen LogP contribution < -0.4 is 16.6 Å². The van der Waals surface area contributed by atoms with E-state index in [0.29, 0.717) is 0 Å². The van der Waals surface area contributed by atoms with Gasteiger partial charge in [-0.25, -0.2) is 19.3 Å². The number of hydrogen-bond acceptors (Lipinski definition) is 6. The monoisotopic (exact) mass is 330 g/mol. The largest absolute Gasteiger partial charge is 0.504 e. The number of aromatic nitrogens is 5. The Morgan fingerprint density at radius 1 is 1.29 bits per heavy atom. The summed E-state index contributed by atoms with van der Waals surface area (Å²) in [4.78, 5) is 44.7. The molecule has 10 heteroatoms. The van der Waals surface area contributed by atoms with Crippen molar-refractivity contribution < 1.29 is 9.90 Å². The van der Waals surface area contributed by atoms with E-state index in [1.54, 1.807) is 7.05 Å². The molecule has 0 saturated carbocycles. The summed E-state index contributed by atoms with van der Waals surface area (Å²) in [6.07, 6.45) is 2.81. The van der Waals surface area contributed by atoms with Crippen molar-refractivity contribution in [1.82, 2.24) is 23.7 Å². The normalized spacial score (nSPS) is 10.9. The Bertz CT molecular complexity index is 1060. The molecule has 0 atom stereocenters. The summed E-state index contributed by atoms with van der Waals surface area (Å²) in [5.74, 6) is -0.924. The van der Waals surface area contributed by atoms with Crippen molar-refractivity contribution in [2.24, 2.45) is 14.1 Å². The van der Waals surface area contributed by atoms with E-state index in [2.05, 4.69) is 15.3 Å². The highest BCUT2D eigenvalue weighted by Crippen LogP contribution is 2.17. The minimum atomic E-state index is -0.662. The maximum atomic E-state index is 12.5. The summed E-state index contributed by atoms with van der Waals surface area (Å²) in [5.41, 5.74) is -0.822. The molecular formula is C14H14N6O4. The molecule has 0 fully saturated rings. The third-order valence-electron chi connectivity index (χ3n) is 3.55. The van der Waals surface area contributed by atoms with E-state index in [1.165, 1.54) is 40.8 Å². The first kappa shape index (κ1) is 15.5. The lowest BCUT2D eigenvalue weighted by Gasteiger charge is -2.09. The molecule has 0 aliphatic carbocycles. The van der Waals surface area contributed by atoms with Crippen molar-refractivity contribution in [1.29, 1.82) is 0 Å². The average molecular weight is 330 g/mol. The Morgan fingerprint density at radius 2 is 2.04 bits per heavy atom. The van der Waals surface area contributed by atoms with Gasteiger partial charge in [0.2, 0.25) is 5.91 Å². The van der Waals surface area contributed by atoms with E-state index in [4.69, 9.17) is 0 Å². The topological polar surface area (TPSA) is 124 Å². The zero-order valence-electron chi connectivity index (χ0n) is 12.9. The van der Waals surface area contributed by atoms with Gasteiger partial charge in [0.05, 0.1) is 6.33 Å². The van der Waals surface area contributed by atoms with E-state index in [1.807, 2.05) is 0 Å². The van der Waals surface area contributed by atoms with E-state index < -0.39 is 23.7 Å². The first-order valence-corrected chi connectivity index (χ1v) is 6.95. The summed E-state index contributed by atoms with van der Waals surface area (Å²) in [5, 5.41) is 12.0. The molecule has 3 rings (SSSR count). The Labute approximate surface area is 134 Å². The molecule has 0 aliphatic heterocycles. The molecule has 2 N–H and O–H groups in total. The third-order valence-corrected chi connectivity index (χ3v) is 3.55. The second kappa shape index (κ2) is 5.65. The fourth-order valence-corrected chi connectivity index (χ4v) is 2.34. The van der Waals surface area contributed by atoms with Gasteiger partial charge in [-0.3, -0.25) is 14.2 Å². The molecule has 124 valence electrons. The van der Waals surface area contributed by atoms with Crippen LogP contribution in [0, 0.1) is 0 Å². The number of aryl methyl sites for hydroxylation is 2. The van der Waals surface area contributed by atoms with Gasteiger partial charge in [0.25, 0.3) is 5.56 Å². The number of imidazole rings is 1. The molecule has 3 aromatic heterocycles. The van der Waals surface area contributed by atoms with Crippen LogP contribution in [0.15, 0.2) is 34.2 Å². The number of carbonyl (C=O) groups excluding carboxylic acids is 1. The number of fused-ring (bicyclic) bond motifs is 1. The molecule has 3 heterocycles. The minimum Gasteiger partial charge on any atom is -0.504 e. The van der Waals surface area contributed by atoms with Crippen LogP contribution in [0.4, 0.5) is 5.82 Å². The number of hydrogen-bond donors (Lipinski definition) is 2. The number of nitrogens with one attached hydrogen (secondary N) is 1. The Morgan fingerprint density at radius 3 is 2.75 bits per heavy atom. The van der Waals surface area contributed by atoms with Crippen molar-refractivity contribution in [3.63, 3.8) is 0 Å². The fraction of sp³-hybridized carbons (Fsp3) is 0.214. The number of rotatable bonds is 3. The molecule has 3 aromatic rings. The van der Waals surface area contributed by atoms with E-state index in [9.17, 15) is 19.5 Å². The average Bonchev–Trinajstić information content (AvgIpc) is 2.94. The standard InChI is InChI=1S/C14H14N6O4/c1-18-7-16-12-10(18)13(23)20(14(24)19(12)2)6-9(22)17-11-8(21)4-3-5-15-11/h3-5,7,21H,6H2,1-2H3,(H,15,17,22). The summed E-state index contributed by atoms with van der Waals surface area (Å²) < 4.78 is 3.48. The Kier molecular flexibility index (Phi) is 3.64. The SMILES string of the molecule is Cn1cnc2c1c(=O)n(CC(=O)Nc1ncccc1O)c(=O)n2C. The molecule has 0 spiro atoms. The molecule has 0 aliphatic rings. The van der Waals surface area contributed by atoms with Gasteiger partial charge in [0.15, 0.2) is 22.7 Å². The Balaban J connectivity index is 2.00. The summed E-state index contributed by atoms with van der Waals surface area (Å²) >= 11 is 0. The van der Waals surface area contributed by atoms with Gasteiger partial charge in [0, 0.05) is 20.3 Å². The number of nitrogens with zero attached hydrogens (tertiary/aromatic N) is 5. The molecule has 0 aromatic carbocycles. The van der Waals surface area contributed by atoms with E-state index in [-0.39, 0.29) is 22.7 Å². The molecule has 0 radical (unpaired) electrons. The van der Waals surface area contributed by atoms with Crippen LogP contribution in [0.1, 0.15) is 0 Å². The lowest BCUT2D eigenvalue weighted by Crippen LogP contribution is -2.42. The summed E-state index contributed by atoms with van der Waals surface area (Å²) in [6, 6.07) is 2.86. The zero-order valence-corrected chi connectivity index (χ0v) is 12.9. The van der Waals surface area contributed by atoms with Crippen LogP contribution >= 0.6 is 0 Å². The second-order valence-corrected chi connectivity index (χ2v) is 5.18. The van der Waals surface area contributed by atoms with Crippen LogP contribution in [0.25, 0.3) is 11.2 Å². The van der Waals surface area contributed by atoms with E-state index >= 15 is 0 Å². The van der Waals surface area contributed by atoms with Gasteiger partial charge < -0.3 is 15.0 Å². The van der Waals surface area contributed by atoms with Gasteiger partial charge >= 0.3 is 5.69 Å². The lowest BCUT2D eigenvalue weighted by molar-refractivity contribution is -0.116. The van der Waals surface area contributed by atoms with Crippen molar-refractivity contribution in [2.45, 2.75) is 6.54 Å². The highest BCUT2D eigenvalue weighted by Gasteiger charge is 2.17. The van der Waals surface area contributed by atoms with Gasteiger partial charge in [0.1, 0.15) is 6.54 Å². The molecule has 1 amide bonds. The first-order valence-electron chi connectivity index (χ1n) is 6.95. The van der Waals surface area contributed by atoms with Crippen LogP contribution in [0.3, 0.4) is 0 Å². The van der Waals surface area contributed by atoms with Gasteiger partial charge in [-0.1, -0.05) is 0 Å². The number of carbonyl (C=O) groups is 1. The molecular weight excluding hydrogens is 316 g/mol. The number of pyridine rings is 1. The van der Waals surface area contributed by atoms with Crippen molar-refractivity contribution in [3.05, 3.63) is 45.5 Å². The number of aromatic hydroxyl groups is 1. The van der Waals surface area contributed by atoms with Crippen molar-refractivity contribution >= 4 is 22.9 Å². The number of amides is 1. The van der Waals surface area contributed by atoms with Crippen LogP contribution in [-0.2, 0) is 25.4 Å². The summed E-state index contributed by atoms with van der Waals surface area (Å²) in [6.45, 7) is -0.511. The first-order chi connectivity index (χ1) is 11.4. The summed E-state index contributed by atoms with van der Waals surface area (Å²) in [7, 11) is 3.09. The van der Waals surface area contributed by atoms with Crippen LogP contribution in [-0.4, -0.2) is 34.7 Å². The second-order valence-electron chi connectivity index (χ2n) is 5.18. The van der Waals surface area contributed by atoms with Gasteiger partial charge in [-0.05, 0) is 12.1 Å². The maximum absolute atomic E-state index is 12.5. The molecule has 24 heavy (non-hydrogen) atoms. The quantitative estimate of drug-likeness (QED) is 0.646. The van der Waals surface area contributed by atoms with Crippen LogP contribution in [0.5, 0.6) is 5.75 Å². The van der Waals surface area contributed by atoms with Crippen molar-refractivity contribution in [2.75, 3.05) is 5.32 Å². The minimum absolute atomic E-state index is 0.0472.